The van der Waals surface area contributed by atoms with E-state index < -0.39 is 18.0 Å². The molecule has 0 aliphatic heterocycles. The lowest BCUT2D eigenvalue weighted by molar-refractivity contribution is -0.123. The first-order valence-electron chi connectivity index (χ1n) is 7.83. The number of fused-ring (bicyclic) bond motifs is 1. The van der Waals surface area contributed by atoms with E-state index in [1.807, 2.05) is 36.4 Å². The van der Waals surface area contributed by atoms with Gasteiger partial charge in [-0.15, -0.1) is 0 Å². The Labute approximate surface area is 144 Å². The van der Waals surface area contributed by atoms with Gasteiger partial charge >= 0.3 is 5.97 Å². The Morgan fingerprint density at radius 3 is 2.40 bits per heavy atom. The largest absolute Gasteiger partial charge is 0.507 e. The van der Waals surface area contributed by atoms with Crippen LogP contribution in [0.5, 0.6) is 5.75 Å². The highest BCUT2D eigenvalue weighted by Crippen LogP contribution is 2.20. The fraction of sp³-hybridized carbons (Fsp3) is 0.100. The zero-order chi connectivity index (χ0) is 17.8. The van der Waals surface area contributed by atoms with Crippen molar-refractivity contribution in [2.24, 2.45) is 0 Å². The van der Waals surface area contributed by atoms with Crippen molar-refractivity contribution >= 4 is 28.3 Å². The highest BCUT2D eigenvalue weighted by atomic mass is 16.5. The molecule has 0 heterocycles. The minimum atomic E-state index is -1.00. The van der Waals surface area contributed by atoms with Gasteiger partial charge < -0.3 is 15.2 Å². The fourth-order valence-corrected chi connectivity index (χ4v) is 2.43. The number of hydrogen-bond acceptors (Lipinski definition) is 4. The van der Waals surface area contributed by atoms with Gasteiger partial charge in [0.1, 0.15) is 11.3 Å². The van der Waals surface area contributed by atoms with E-state index in [0.29, 0.717) is 5.69 Å². The summed E-state index contributed by atoms with van der Waals surface area (Å²) in [5.41, 5.74) is 0.641. The Morgan fingerprint density at radius 1 is 0.960 bits per heavy atom. The standard InChI is InChI=1S/C20H17NO4/c1-13(25-20(24)17-8-4-5-9-18(17)22)19(23)21-16-11-10-14-6-2-3-7-15(14)12-16/h2-13,22H,1H3,(H,21,23)/t13-/m0/s1. The van der Waals surface area contributed by atoms with Gasteiger partial charge in [-0.3, -0.25) is 4.79 Å². The molecule has 0 saturated carbocycles. The van der Waals surface area contributed by atoms with Crippen LogP contribution in [0.25, 0.3) is 10.8 Å². The molecule has 3 rings (SSSR count). The number of ether oxygens (including phenoxy) is 1. The van der Waals surface area contributed by atoms with Gasteiger partial charge in [-0.2, -0.15) is 0 Å². The Bertz CT molecular complexity index is 936. The van der Waals surface area contributed by atoms with Crippen LogP contribution < -0.4 is 5.32 Å². The highest BCUT2D eigenvalue weighted by Gasteiger charge is 2.20. The van der Waals surface area contributed by atoms with E-state index in [1.54, 1.807) is 18.2 Å². The number of nitrogens with one attached hydrogen (secondary N) is 1. The molecule has 1 atom stereocenters. The fourth-order valence-electron chi connectivity index (χ4n) is 2.43. The Morgan fingerprint density at radius 2 is 1.64 bits per heavy atom. The number of anilines is 1. The van der Waals surface area contributed by atoms with Crippen LogP contribution in [0.1, 0.15) is 17.3 Å². The maximum Gasteiger partial charge on any atom is 0.342 e. The van der Waals surface area contributed by atoms with Gasteiger partial charge in [-0.25, -0.2) is 4.79 Å². The predicted octanol–water partition coefficient (Wildman–Crippen LogP) is 3.73. The summed E-state index contributed by atoms with van der Waals surface area (Å²) in [5.74, 6) is -1.38. The summed E-state index contributed by atoms with van der Waals surface area (Å²) in [5, 5.41) is 14.5. The lowest BCUT2D eigenvalue weighted by atomic mass is 10.1. The Kier molecular flexibility index (Phi) is 4.66. The predicted molar refractivity (Wildman–Crippen MR) is 95.6 cm³/mol. The molecule has 3 aromatic carbocycles. The van der Waals surface area contributed by atoms with E-state index >= 15 is 0 Å². The summed E-state index contributed by atoms with van der Waals surface area (Å²) in [6.07, 6.45) is -1.00. The Hall–Kier alpha value is -3.34. The van der Waals surface area contributed by atoms with Gasteiger partial charge in [0, 0.05) is 5.69 Å². The molecule has 0 saturated heterocycles. The average Bonchev–Trinajstić information content (AvgIpc) is 2.61. The number of para-hydroxylation sites is 1. The second kappa shape index (κ2) is 7.05. The summed E-state index contributed by atoms with van der Waals surface area (Å²) < 4.78 is 5.13. The number of phenolic OH excluding ortho intramolecular Hbond substituents is 1. The molecular formula is C20H17NO4. The zero-order valence-corrected chi connectivity index (χ0v) is 13.6. The van der Waals surface area contributed by atoms with E-state index in [1.165, 1.54) is 19.1 Å². The first kappa shape index (κ1) is 16.5. The molecule has 3 aromatic rings. The third-order valence-corrected chi connectivity index (χ3v) is 3.79. The molecule has 0 bridgehead atoms. The molecule has 25 heavy (non-hydrogen) atoms. The molecule has 2 N–H and O–H groups in total. The molecule has 0 radical (unpaired) electrons. The maximum atomic E-state index is 12.2. The van der Waals surface area contributed by atoms with Crippen molar-refractivity contribution in [3.05, 3.63) is 72.3 Å². The van der Waals surface area contributed by atoms with Crippen LogP contribution in [0, 0.1) is 0 Å². The van der Waals surface area contributed by atoms with Gasteiger partial charge in [-0.1, -0.05) is 42.5 Å². The molecule has 5 heteroatoms. The number of phenols is 1. The van der Waals surface area contributed by atoms with Crippen LogP contribution in [-0.2, 0) is 9.53 Å². The van der Waals surface area contributed by atoms with E-state index in [4.69, 9.17) is 4.74 Å². The second-order valence-electron chi connectivity index (χ2n) is 5.62. The number of benzene rings is 3. The number of carbonyl (C=O) groups is 2. The molecule has 126 valence electrons. The summed E-state index contributed by atoms with van der Waals surface area (Å²) in [6, 6.07) is 19.4. The smallest absolute Gasteiger partial charge is 0.342 e. The summed E-state index contributed by atoms with van der Waals surface area (Å²) in [6.45, 7) is 1.48. The van der Waals surface area contributed by atoms with Crippen LogP contribution in [0.3, 0.4) is 0 Å². The molecule has 1 amide bonds. The molecular weight excluding hydrogens is 318 g/mol. The van der Waals surface area contributed by atoms with Crippen LogP contribution >= 0.6 is 0 Å². The van der Waals surface area contributed by atoms with Crippen molar-refractivity contribution in [2.45, 2.75) is 13.0 Å². The number of rotatable bonds is 4. The number of hydrogen-bond donors (Lipinski definition) is 2. The first-order valence-corrected chi connectivity index (χ1v) is 7.83. The third-order valence-electron chi connectivity index (χ3n) is 3.79. The van der Waals surface area contributed by atoms with Crippen molar-refractivity contribution in [3.8, 4) is 5.75 Å². The molecule has 0 aliphatic carbocycles. The normalized spacial score (nSPS) is 11.7. The molecule has 0 aliphatic rings. The highest BCUT2D eigenvalue weighted by molar-refractivity contribution is 5.99. The van der Waals surface area contributed by atoms with Crippen molar-refractivity contribution < 1.29 is 19.4 Å². The number of carbonyl (C=O) groups excluding carboxylic acids is 2. The lowest BCUT2D eigenvalue weighted by Crippen LogP contribution is -2.30. The lowest BCUT2D eigenvalue weighted by Gasteiger charge is -2.14. The maximum absolute atomic E-state index is 12.2. The minimum absolute atomic E-state index is 0.0212. The van der Waals surface area contributed by atoms with Gasteiger partial charge in [0.2, 0.25) is 0 Å². The molecule has 0 unspecified atom stereocenters. The number of aromatic hydroxyl groups is 1. The van der Waals surface area contributed by atoms with Gasteiger partial charge in [0.25, 0.3) is 5.91 Å². The van der Waals surface area contributed by atoms with Crippen molar-refractivity contribution in [3.63, 3.8) is 0 Å². The van der Waals surface area contributed by atoms with E-state index in [9.17, 15) is 14.7 Å². The van der Waals surface area contributed by atoms with Crippen LogP contribution in [0.4, 0.5) is 5.69 Å². The quantitative estimate of drug-likeness (QED) is 0.712. The van der Waals surface area contributed by atoms with Crippen molar-refractivity contribution in [2.75, 3.05) is 5.32 Å². The molecule has 5 nitrogen and oxygen atoms in total. The summed E-state index contributed by atoms with van der Waals surface area (Å²) in [7, 11) is 0. The SMILES string of the molecule is C[C@H](OC(=O)c1ccccc1O)C(=O)Nc1ccc2ccccc2c1. The topological polar surface area (TPSA) is 75.6 Å². The van der Waals surface area contributed by atoms with Crippen LogP contribution in [-0.4, -0.2) is 23.1 Å². The molecule has 0 aromatic heterocycles. The van der Waals surface area contributed by atoms with Gasteiger partial charge in [0.15, 0.2) is 6.10 Å². The minimum Gasteiger partial charge on any atom is -0.507 e. The number of amides is 1. The van der Waals surface area contributed by atoms with Crippen LogP contribution in [0.2, 0.25) is 0 Å². The zero-order valence-electron chi connectivity index (χ0n) is 13.6. The summed E-state index contributed by atoms with van der Waals surface area (Å²) >= 11 is 0. The van der Waals surface area contributed by atoms with Gasteiger partial charge in [0.05, 0.1) is 0 Å². The Balaban J connectivity index is 1.67. The average molecular weight is 335 g/mol. The second-order valence-corrected chi connectivity index (χ2v) is 5.62. The number of esters is 1. The van der Waals surface area contributed by atoms with E-state index in [0.717, 1.165) is 10.8 Å². The van der Waals surface area contributed by atoms with E-state index in [-0.39, 0.29) is 11.3 Å². The first-order chi connectivity index (χ1) is 12.0. The third kappa shape index (κ3) is 3.77. The van der Waals surface area contributed by atoms with Crippen molar-refractivity contribution in [1.29, 1.82) is 0 Å². The van der Waals surface area contributed by atoms with E-state index in [2.05, 4.69) is 5.32 Å². The molecule has 0 fully saturated rings. The van der Waals surface area contributed by atoms with Crippen LogP contribution in [0.15, 0.2) is 66.7 Å². The monoisotopic (exact) mass is 335 g/mol. The van der Waals surface area contributed by atoms with Gasteiger partial charge in [-0.05, 0) is 42.0 Å². The summed E-state index contributed by atoms with van der Waals surface area (Å²) in [4.78, 5) is 24.3. The molecule has 0 spiro atoms. The van der Waals surface area contributed by atoms with Crippen molar-refractivity contribution in [1.82, 2.24) is 0 Å².